The quantitative estimate of drug-likeness (QED) is 0.188. The van der Waals surface area contributed by atoms with Crippen LogP contribution in [-0.4, -0.2) is 19.5 Å². The van der Waals surface area contributed by atoms with Crippen LogP contribution < -0.4 is 0 Å². The van der Waals surface area contributed by atoms with Crippen molar-refractivity contribution in [2.24, 2.45) is 0 Å². The molecule has 0 saturated carbocycles. The highest BCUT2D eigenvalue weighted by molar-refractivity contribution is 6.14. The lowest BCUT2D eigenvalue weighted by atomic mass is 10.1. The molecule has 0 unspecified atom stereocenters. The van der Waals surface area contributed by atoms with E-state index in [0.29, 0.717) is 17.5 Å². The molecule has 11 aromatic rings. The normalized spacial score (nSPS) is 11.8. The topological polar surface area (TPSA) is 56.7 Å². The first-order valence-electron chi connectivity index (χ1n) is 17.4. The van der Waals surface area contributed by atoms with Gasteiger partial charge < -0.3 is 8.98 Å². The molecule has 5 nitrogen and oxygen atoms in total. The van der Waals surface area contributed by atoms with Crippen molar-refractivity contribution in [2.45, 2.75) is 0 Å². The van der Waals surface area contributed by atoms with Gasteiger partial charge in [0.1, 0.15) is 11.2 Å². The van der Waals surface area contributed by atoms with Crippen molar-refractivity contribution in [3.63, 3.8) is 0 Å². The van der Waals surface area contributed by atoms with Gasteiger partial charge in [-0.15, -0.1) is 0 Å². The Morgan fingerprint density at radius 2 is 0.981 bits per heavy atom. The number of aromatic nitrogens is 4. The lowest BCUT2D eigenvalue weighted by Crippen LogP contribution is -2.00. The largest absolute Gasteiger partial charge is 0.456 e. The van der Waals surface area contributed by atoms with Crippen molar-refractivity contribution in [1.82, 2.24) is 19.5 Å². The molecule has 0 aliphatic rings. The minimum atomic E-state index is 0.613. The molecule has 52 heavy (non-hydrogen) atoms. The van der Waals surface area contributed by atoms with Gasteiger partial charge in [-0.2, -0.15) is 0 Å². The maximum absolute atomic E-state index is 6.54. The lowest BCUT2D eigenvalue weighted by Gasteiger charge is -2.09. The predicted octanol–water partition coefficient (Wildman–Crippen LogP) is 12.2. The van der Waals surface area contributed by atoms with Gasteiger partial charge in [-0.05, 0) is 76.1 Å². The van der Waals surface area contributed by atoms with Crippen molar-refractivity contribution >= 4 is 65.3 Å². The maximum atomic E-state index is 6.54. The summed E-state index contributed by atoms with van der Waals surface area (Å²) in [7, 11) is 0. The van der Waals surface area contributed by atoms with Crippen molar-refractivity contribution in [2.75, 3.05) is 0 Å². The highest BCUT2D eigenvalue weighted by Gasteiger charge is 2.17. The standard InChI is InChI=1S/C47H28N4O/c1-2-11-30(12-3-1)45-48-46(34-19-18-29-10-4-5-13-31(29)24-34)50-47(49-45)35-20-23-43-40(26-35)38-22-21-36(28-44(38)52-43)51-41-17-9-8-16-37(41)39-25-32-14-6-7-15-33(32)27-42(39)51/h1-28H. The molecule has 8 aromatic carbocycles. The van der Waals surface area contributed by atoms with E-state index in [4.69, 9.17) is 19.4 Å². The summed E-state index contributed by atoms with van der Waals surface area (Å²) in [5, 5.41) is 9.29. The first kappa shape index (κ1) is 28.7. The number of furan rings is 1. The Bertz CT molecular complexity index is 3190. The summed E-state index contributed by atoms with van der Waals surface area (Å²) in [5.74, 6) is 1.88. The first-order valence-corrected chi connectivity index (χ1v) is 17.4. The van der Waals surface area contributed by atoms with Gasteiger partial charge in [-0.1, -0.05) is 109 Å². The van der Waals surface area contributed by atoms with Crippen LogP contribution in [0.3, 0.4) is 0 Å². The predicted molar refractivity (Wildman–Crippen MR) is 213 cm³/mol. The number of fused-ring (bicyclic) bond motifs is 8. The third-order valence-corrected chi connectivity index (χ3v) is 10.2. The second kappa shape index (κ2) is 11.2. The Labute approximate surface area is 298 Å². The molecule has 0 aliphatic heterocycles. The zero-order valence-electron chi connectivity index (χ0n) is 27.9. The highest BCUT2D eigenvalue weighted by Crippen LogP contribution is 2.38. The van der Waals surface area contributed by atoms with E-state index in [1.165, 1.54) is 32.4 Å². The molecule has 242 valence electrons. The Kier molecular flexibility index (Phi) is 6.18. The molecule has 0 saturated heterocycles. The van der Waals surface area contributed by atoms with E-state index in [2.05, 4.69) is 132 Å². The summed E-state index contributed by atoms with van der Waals surface area (Å²) < 4.78 is 8.88. The molecule has 0 fully saturated rings. The summed E-state index contributed by atoms with van der Waals surface area (Å²) >= 11 is 0. The Hall–Kier alpha value is -7.11. The average molecular weight is 665 g/mol. The molecule has 3 aromatic heterocycles. The molecule has 0 atom stereocenters. The SMILES string of the molecule is c1ccc(-c2nc(-c3ccc4ccccc4c3)nc(-c3ccc4oc5cc(-n6c7ccccc7c7cc8ccccc8cc76)ccc5c4c3)n2)cc1. The van der Waals surface area contributed by atoms with Gasteiger partial charge in [0.2, 0.25) is 0 Å². The molecule has 0 radical (unpaired) electrons. The minimum absolute atomic E-state index is 0.613. The van der Waals surface area contributed by atoms with Gasteiger partial charge in [-0.25, -0.2) is 15.0 Å². The molecule has 0 amide bonds. The number of hydrogen-bond acceptors (Lipinski definition) is 4. The number of hydrogen-bond donors (Lipinski definition) is 0. The summed E-state index contributed by atoms with van der Waals surface area (Å²) in [6.07, 6.45) is 0. The van der Waals surface area contributed by atoms with Gasteiger partial charge in [0.05, 0.1) is 11.0 Å². The summed E-state index contributed by atoms with van der Waals surface area (Å²) in [4.78, 5) is 15.0. The van der Waals surface area contributed by atoms with Crippen LogP contribution >= 0.6 is 0 Å². The van der Waals surface area contributed by atoms with E-state index < -0.39 is 0 Å². The first-order chi connectivity index (χ1) is 25.7. The third-order valence-electron chi connectivity index (χ3n) is 10.2. The van der Waals surface area contributed by atoms with E-state index in [-0.39, 0.29) is 0 Å². The van der Waals surface area contributed by atoms with E-state index in [1.807, 2.05) is 42.5 Å². The van der Waals surface area contributed by atoms with Gasteiger partial charge >= 0.3 is 0 Å². The molecule has 0 N–H and O–H groups in total. The number of nitrogens with zero attached hydrogens (tertiary/aromatic N) is 4. The monoisotopic (exact) mass is 664 g/mol. The summed E-state index contributed by atoms with van der Waals surface area (Å²) in [6, 6.07) is 59.3. The second-order valence-corrected chi connectivity index (χ2v) is 13.3. The van der Waals surface area contributed by atoms with Crippen LogP contribution in [0, 0.1) is 0 Å². The van der Waals surface area contributed by atoms with E-state index in [0.717, 1.165) is 55.2 Å². The number of para-hydroxylation sites is 1. The van der Waals surface area contributed by atoms with Gasteiger partial charge in [0.25, 0.3) is 0 Å². The highest BCUT2D eigenvalue weighted by atomic mass is 16.3. The van der Waals surface area contributed by atoms with Crippen molar-refractivity contribution in [3.05, 3.63) is 170 Å². The third kappa shape index (κ3) is 4.53. The maximum Gasteiger partial charge on any atom is 0.164 e. The second-order valence-electron chi connectivity index (χ2n) is 13.3. The zero-order chi connectivity index (χ0) is 34.2. The van der Waals surface area contributed by atoms with Gasteiger partial charge in [0.15, 0.2) is 17.5 Å². The summed E-state index contributed by atoms with van der Waals surface area (Å²) in [5.41, 5.74) is 7.81. The van der Waals surface area contributed by atoms with Crippen LogP contribution in [0.15, 0.2) is 174 Å². The van der Waals surface area contributed by atoms with Crippen molar-refractivity contribution in [3.8, 4) is 39.9 Å². The minimum Gasteiger partial charge on any atom is -0.456 e. The van der Waals surface area contributed by atoms with Crippen molar-refractivity contribution in [1.29, 1.82) is 0 Å². The van der Waals surface area contributed by atoms with Gasteiger partial charge in [0, 0.05) is 50.0 Å². The fourth-order valence-corrected chi connectivity index (χ4v) is 7.66. The van der Waals surface area contributed by atoms with Crippen LogP contribution in [0.2, 0.25) is 0 Å². The zero-order valence-corrected chi connectivity index (χ0v) is 27.9. The molecule has 3 heterocycles. The molecule has 0 bridgehead atoms. The lowest BCUT2D eigenvalue weighted by molar-refractivity contribution is 0.668. The smallest absolute Gasteiger partial charge is 0.164 e. The molecule has 0 spiro atoms. The van der Waals surface area contributed by atoms with Crippen LogP contribution in [-0.2, 0) is 0 Å². The summed E-state index contributed by atoms with van der Waals surface area (Å²) in [6.45, 7) is 0. The van der Waals surface area contributed by atoms with E-state index in [1.54, 1.807) is 0 Å². The molecule has 5 heteroatoms. The Morgan fingerprint density at radius 1 is 0.346 bits per heavy atom. The van der Waals surface area contributed by atoms with Crippen LogP contribution in [0.25, 0.3) is 105 Å². The van der Waals surface area contributed by atoms with Crippen LogP contribution in [0.4, 0.5) is 0 Å². The Balaban J connectivity index is 1.07. The molecule has 11 rings (SSSR count). The van der Waals surface area contributed by atoms with Crippen molar-refractivity contribution < 1.29 is 4.42 Å². The average Bonchev–Trinajstić information content (AvgIpc) is 3.74. The fraction of sp³-hybridized carbons (Fsp3) is 0. The molecular formula is C47H28N4O. The van der Waals surface area contributed by atoms with E-state index >= 15 is 0 Å². The number of benzene rings is 8. The number of rotatable bonds is 4. The fourth-order valence-electron chi connectivity index (χ4n) is 7.66. The molecule has 0 aliphatic carbocycles. The Morgan fingerprint density at radius 3 is 1.79 bits per heavy atom. The van der Waals surface area contributed by atoms with Crippen LogP contribution in [0.1, 0.15) is 0 Å². The molecular weight excluding hydrogens is 637 g/mol. The van der Waals surface area contributed by atoms with E-state index in [9.17, 15) is 0 Å². The van der Waals surface area contributed by atoms with Crippen LogP contribution in [0.5, 0.6) is 0 Å². The van der Waals surface area contributed by atoms with Gasteiger partial charge in [-0.3, -0.25) is 0 Å².